The van der Waals surface area contributed by atoms with Crippen molar-refractivity contribution in [2.24, 2.45) is 5.16 Å². The first kappa shape index (κ1) is 24.4. The van der Waals surface area contributed by atoms with E-state index in [0.717, 1.165) is 35.1 Å². The zero-order chi connectivity index (χ0) is 24.5. The molecule has 0 radical (unpaired) electrons. The Morgan fingerprint density at radius 1 is 0.971 bits per heavy atom. The smallest absolute Gasteiger partial charge is 0.326 e. The van der Waals surface area contributed by atoms with Crippen molar-refractivity contribution >= 4 is 23.8 Å². The third-order valence-corrected chi connectivity index (χ3v) is 4.39. The van der Waals surface area contributed by atoms with Crippen molar-refractivity contribution in [3.63, 3.8) is 0 Å². The molecule has 2 N–H and O–H groups in total. The molecule has 3 aromatic rings. The summed E-state index contributed by atoms with van der Waals surface area (Å²) in [5.41, 5.74) is 1.18. The predicted octanol–water partition coefficient (Wildman–Crippen LogP) is 5.26. The highest BCUT2D eigenvalue weighted by Crippen LogP contribution is 2.14. The first-order valence-corrected chi connectivity index (χ1v) is 10.4. The zero-order valence-corrected chi connectivity index (χ0v) is 18.5. The second-order valence-corrected chi connectivity index (χ2v) is 7.45. The van der Waals surface area contributed by atoms with Crippen molar-refractivity contribution < 1.29 is 27.9 Å². The third-order valence-electron chi connectivity index (χ3n) is 4.39. The molecule has 0 unspecified atom stereocenters. The first-order valence-electron chi connectivity index (χ1n) is 10.4. The molecule has 3 amide bonds. The number of urea groups is 1. The van der Waals surface area contributed by atoms with E-state index in [-0.39, 0.29) is 12.7 Å². The molecule has 0 heterocycles. The van der Waals surface area contributed by atoms with Crippen LogP contribution in [0, 0.1) is 11.6 Å². The highest BCUT2D eigenvalue weighted by molar-refractivity contribution is 6.08. The Morgan fingerprint density at radius 3 is 2.24 bits per heavy atom. The van der Waals surface area contributed by atoms with Gasteiger partial charge in [-0.15, -0.1) is 0 Å². The third kappa shape index (κ3) is 7.13. The molecule has 0 spiro atoms. The van der Waals surface area contributed by atoms with Gasteiger partial charge in [-0.1, -0.05) is 23.4 Å². The summed E-state index contributed by atoms with van der Waals surface area (Å²) in [6, 6.07) is 16.1. The number of hydrogen-bond donors (Lipinski definition) is 2. The maximum atomic E-state index is 13.6. The molecular weight excluding hydrogens is 444 g/mol. The molecule has 3 rings (SSSR count). The Hall–Kier alpha value is -4.27. The summed E-state index contributed by atoms with van der Waals surface area (Å²) in [4.78, 5) is 29.2. The number of imide groups is 1. The molecule has 0 fully saturated rings. The minimum atomic E-state index is -1.18. The van der Waals surface area contributed by atoms with Crippen LogP contribution in [0.1, 0.15) is 35.3 Å². The Morgan fingerprint density at radius 2 is 1.62 bits per heavy atom. The topological polar surface area (TPSA) is 89.0 Å². The number of hydrogen-bond acceptors (Lipinski definition) is 5. The van der Waals surface area contributed by atoms with E-state index in [2.05, 4.69) is 10.5 Å². The molecule has 0 aliphatic carbocycles. The summed E-state index contributed by atoms with van der Waals surface area (Å²) in [6.07, 6.45) is 1.68. The highest BCUT2D eigenvalue weighted by Gasteiger charge is 2.19. The Labute approximate surface area is 195 Å². The van der Waals surface area contributed by atoms with Crippen LogP contribution in [0.15, 0.2) is 71.9 Å². The molecule has 9 heteroatoms. The van der Waals surface area contributed by atoms with Crippen LogP contribution in [-0.4, -0.2) is 24.3 Å². The Balaban J connectivity index is 1.46. The van der Waals surface area contributed by atoms with Gasteiger partial charge in [0.15, 0.2) is 0 Å². The lowest BCUT2D eigenvalue weighted by Crippen LogP contribution is -2.35. The van der Waals surface area contributed by atoms with Crippen molar-refractivity contribution in [3.8, 4) is 5.75 Å². The van der Waals surface area contributed by atoms with Crippen LogP contribution >= 0.6 is 0 Å². The number of oxime groups is 1. The summed E-state index contributed by atoms with van der Waals surface area (Å²) in [5.74, 6) is -2.53. The number of halogens is 2. The van der Waals surface area contributed by atoms with Crippen LogP contribution in [0.5, 0.6) is 5.75 Å². The molecular formula is C25H23F2N3O4. The average Bonchev–Trinajstić information content (AvgIpc) is 2.78. The normalized spacial score (nSPS) is 10.9. The van der Waals surface area contributed by atoms with Gasteiger partial charge in [-0.05, 0) is 73.5 Å². The Kier molecular flexibility index (Phi) is 8.28. The summed E-state index contributed by atoms with van der Waals surface area (Å²) in [7, 11) is 0. The minimum Gasteiger partial charge on any atom is -0.491 e. The lowest BCUT2D eigenvalue weighted by molar-refractivity contribution is 0.0959. The fraction of sp³-hybridized carbons (Fsp3) is 0.160. The number of benzene rings is 3. The molecule has 0 aromatic heterocycles. The highest BCUT2D eigenvalue weighted by atomic mass is 19.1. The number of ether oxygens (including phenoxy) is 1. The van der Waals surface area contributed by atoms with Gasteiger partial charge in [-0.3, -0.25) is 10.1 Å². The zero-order valence-electron chi connectivity index (χ0n) is 18.5. The van der Waals surface area contributed by atoms with E-state index in [9.17, 15) is 18.4 Å². The SMILES string of the molecule is CC(C)Oc1ccc(/C=N\OCc2ccc(NC(=O)NC(=O)c3c(F)cccc3F)cc2)cc1. The van der Waals surface area contributed by atoms with Gasteiger partial charge in [-0.2, -0.15) is 0 Å². The predicted molar refractivity (Wildman–Crippen MR) is 124 cm³/mol. The van der Waals surface area contributed by atoms with E-state index in [4.69, 9.17) is 9.57 Å². The van der Waals surface area contributed by atoms with E-state index < -0.39 is 29.1 Å². The molecule has 3 aromatic carbocycles. The number of carbonyl (C=O) groups is 2. The maximum Gasteiger partial charge on any atom is 0.326 e. The molecule has 0 atom stereocenters. The maximum absolute atomic E-state index is 13.6. The van der Waals surface area contributed by atoms with Gasteiger partial charge in [0.1, 0.15) is 29.6 Å². The molecule has 0 aliphatic heterocycles. The van der Waals surface area contributed by atoms with Crippen LogP contribution in [0.4, 0.5) is 19.3 Å². The number of rotatable bonds is 8. The fourth-order valence-electron chi connectivity index (χ4n) is 2.84. The number of amides is 3. The number of carbonyl (C=O) groups excluding carboxylic acids is 2. The lowest BCUT2D eigenvalue weighted by Gasteiger charge is -2.09. The summed E-state index contributed by atoms with van der Waals surface area (Å²) in [5, 5.41) is 8.24. The van der Waals surface area contributed by atoms with E-state index >= 15 is 0 Å². The van der Waals surface area contributed by atoms with E-state index in [1.807, 2.05) is 43.4 Å². The first-order chi connectivity index (χ1) is 16.3. The van der Waals surface area contributed by atoms with Crippen molar-refractivity contribution in [2.45, 2.75) is 26.6 Å². The number of nitrogens with one attached hydrogen (secondary N) is 2. The molecule has 176 valence electrons. The van der Waals surface area contributed by atoms with Crippen molar-refractivity contribution in [2.75, 3.05) is 5.32 Å². The molecule has 34 heavy (non-hydrogen) atoms. The van der Waals surface area contributed by atoms with Gasteiger partial charge in [0, 0.05) is 5.69 Å². The standard InChI is InChI=1S/C25H23F2N3O4/c1-16(2)34-20-12-8-17(9-13-20)14-28-33-15-18-6-10-19(11-7-18)29-25(32)30-24(31)23-21(26)4-3-5-22(23)27/h3-14,16H,15H2,1-2H3,(H2,29,30,31,32)/b28-14-. The molecule has 0 saturated heterocycles. The van der Waals surface area contributed by atoms with E-state index in [0.29, 0.717) is 5.69 Å². The van der Waals surface area contributed by atoms with E-state index in [1.165, 1.54) is 0 Å². The van der Waals surface area contributed by atoms with Gasteiger partial charge in [0.25, 0.3) is 5.91 Å². The Bertz CT molecular complexity index is 1140. The summed E-state index contributed by atoms with van der Waals surface area (Å²) >= 11 is 0. The largest absolute Gasteiger partial charge is 0.491 e. The van der Waals surface area contributed by atoms with Crippen molar-refractivity contribution in [3.05, 3.63) is 95.1 Å². The molecule has 0 aliphatic rings. The molecule has 7 nitrogen and oxygen atoms in total. The monoisotopic (exact) mass is 467 g/mol. The van der Waals surface area contributed by atoms with Gasteiger partial charge in [0.05, 0.1) is 12.3 Å². The van der Waals surface area contributed by atoms with Gasteiger partial charge >= 0.3 is 6.03 Å². The van der Waals surface area contributed by atoms with E-state index in [1.54, 1.807) is 30.5 Å². The molecule has 0 saturated carbocycles. The van der Waals surface area contributed by atoms with Crippen LogP contribution < -0.4 is 15.4 Å². The summed E-state index contributed by atoms with van der Waals surface area (Å²) < 4.78 is 32.9. The fourth-order valence-corrected chi connectivity index (χ4v) is 2.84. The van der Waals surface area contributed by atoms with Crippen molar-refractivity contribution in [1.82, 2.24) is 5.32 Å². The molecule has 0 bridgehead atoms. The second kappa shape index (κ2) is 11.6. The van der Waals surface area contributed by atoms with Gasteiger partial charge in [-0.25, -0.2) is 13.6 Å². The van der Waals surface area contributed by atoms with Crippen LogP contribution in [0.2, 0.25) is 0 Å². The average molecular weight is 467 g/mol. The number of nitrogens with zero attached hydrogens (tertiary/aromatic N) is 1. The van der Waals surface area contributed by atoms with Gasteiger partial charge < -0.3 is 14.9 Å². The summed E-state index contributed by atoms with van der Waals surface area (Å²) in [6.45, 7) is 4.11. The van der Waals surface area contributed by atoms with Crippen molar-refractivity contribution in [1.29, 1.82) is 0 Å². The quantitative estimate of drug-likeness (QED) is 0.349. The minimum absolute atomic E-state index is 0.102. The number of anilines is 1. The van der Waals surface area contributed by atoms with Crippen LogP contribution in [-0.2, 0) is 11.4 Å². The van der Waals surface area contributed by atoms with Gasteiger partial charge in [0.2, 0.25) is 0 Å². The van der Waals surface area contributed by atoms with Crippen LogP contribution in [0.25, 0.3) is 0 Å². The lowest BCUT2D eigenvalue weighted by atomic mass is 10.2. The second-order valence-electron chi connectivity index (χ2n) is 7.45. The van der Waals surface area contributed by atoms with Crippen LogP contribution in [0.3, 0.4) is 0 Å².